The largest absolute Gasteiger partial charge is 0.481 e. The van der Waals surface area contributed by atoms with Crippen molar-refractivity contribution in [1.29, 1.82) is 0 Å². The molecule has 20 heavy (non-hydrogen) atoms. The van der Waals surface area contributed by atoms with Crippen LogP contribution in [0, 0.1) is 0 Å². The van der Waals surface area contributed by atoms with Gasteiger partial charge in [0.15, 0.2) is 0 Å². The van der Waals surface area contributed by atoms with Crippen LogP contribution in [0.2, 0.25) is 0 Å². The first kappa shape index (κ1) is 14.4. The van der Waals surface area contributed by atoms with Crippen molar-refractivity contribution in [1.82, 2.24) is 14.9 Å². The number of anilines is 1. The van der Waals surface area contributed by atoms with Crippen LogP contribution in [0.5, 0.6) is 0 Å². The van der Waals surface area contributed by atoms with Crippen LogP contribution in [0.15, 0.2) is 18.5 Å². The van der Waals surface area contributed by atoms with E-state index in [-0.39, 0.29) is 30.9 Å². The number of nitrogens with zero attached hydrogens (tertiary/aromatic N) is 3. The molecule has 108 valence electrons. The van der Waals surface area contributed by atoms with Crippen LogP contribution in [0.3, 0.4) is 0 Å². The molecule has 8 heteroatoms. The van der Waals surface area contributed by atoms with E-state index in [0.717, 1.165) is 0 Å². The summed E-state index contributed by atoms with van der Waals surface area (Å²) in [6.07, 6.45) is 2.66. The SMILES string of the molecule is O=C(O)CC1CN(CC(=O)Nc2ncccn2)CCO1. The fraction of sp³-hybridized carbons (Fsp3) is 0.500. The number of carboxylic acid groups (broad SMARTS) is 1. The summed E-state index contributed by atoms with van der Waals surface area (Å²) in [7, 11) is 0. The molecule has 0 aromatic carbocycles. The highest BCUT2D eigenvalue weighted by atomic mass is 16.5. The second-order valence-electron chi connectivity index (χ2n) is 4.45. The number of amides is 1. The highest BCUT2D eigenvalue weighted by Gasteiger charge is 2.24. The van der Waals surface area contributed by atoms with Crippen molar-refractivity contribution in [3.8, 4) is 0 Å². The Balaban J connectivity index is 1.80. The Bertz CT molecular complexity index is 468. The summed E-state index contributed by atoms with van der Waals surface area (Å²) in [5, 5.41) is 11.3. The lowest BCUT2D eigenvalue weighted by molar-refractivity contribution is -0.142. The van der Waals surface area contributed by atoms with Gasteiger partial charge in [-0.2, -0.15) is 0 Å². The number of hydrogen-bond donors (Lipinski definition) is 2. The van der Waals surface area contributed by atoms with Crippen LogP contribution in [0.4, 0.5) is 5.95 Å². The van der Waals surface area contributed by atoms with Gasteiger partial charge in [0.05, 0.1) is 25.7 Å². The van der Waals surface area contributed by atoms with Crippen LogP contribution in [0.25, 0.3) is 0 Å². The molecule has 1 unspecified atom stereocenters. The maximum absolute atomic E-state index is 11.8. The van der Waals surface area contributed by atoms with Gasteiger partial charge in [0.25, 0.3) is 0 Å². The van der Waals surface area contributed by atoms with Gasteiger partial charge < -0.3 is 9.84 Å². The lowest BCUT2D eigenvalue weighted by atomic mass is 10.2. The molecule has 1 aliphatic rings. The number of carboxylic acids is 1. The normalized spacial score (nSPS) is 19.5. The highest BCUT2D eigenvalue weighted by molar-refractivity contribution is 5.90. The summed E-state index contributed by atoms with van der Waals surface area (Å²) in [5.41, 5.74) is 0. The van der Waals surface area contributed by atoms with Gasteiger partial charge in [-0.1, -0.05) is 0 Å². The molecule has 1 saturated heterocycles. The molecule has 0 aliphatic carbocycles. The number of carbonyl (C=O) groups is 2. The summed E-state index contributed by atoms with van der Waals surface area (Å²) >= 11 is 0. The van der Waals surface area contributed by atoms with E-state index in [0.29, 0.717) is 19.7 Å². The van der Waals surface area contributed by atoms with E-state index in [2.05, 4.69) is 15.3 Å². The summed E-state index contributed by atoms with van der Waals surface area (Å²) in [5.74, 6) is -0.876. The van der Waals surface area contributed by atoms with E-state index < -0.39 is 5.97 Å². The van der Waals surface area contributed by atoms with Crippen molar-refractivity contribution in [3.63, 3.8) is 0 Å². The first-order chi connectivity index (χ1) is 9.63. The van der Waals surface area contributed by atoms with Crippen LogP contribution >= 0.6 is 0 Å². The van der Waals surface area contributed by atoms with E-state index in [1.54, 1.807) is 18.5 Å². The molecule has 1 aromatic rings. The van der Waals surface area contributed by atoms with Gasteiger partial charge in [-0.25, -0.2) is 9.97 Å². The van der Waals surface area contributed by atoms with Crippen molar-refractivity contribution in [2.45, 2.75) is 12.5 Å². The number of hydrogen-bond acceptors (Lipinski definition) is 6. The molecule has 2 heterocycles. The quantitative estimate of drug-likeness (QED) is 0.755. The molecule has 1 atom stereocenters. The average molecular weight is 280 g/mol. The summed E-state index contributed by atoms with van der Waals surface area (Å²) in [4.78, 5) is 32.1. The first-order valence-corrected chi connectivity index (χ1v) is 6.26. The van der Waals surface area contributed by atoms with Crippen molar-refractivity contribution in [2.24, 2.45) is 0 Å². The van der Waals surface area contributed by atoms with Crippen molar-refractivity contribution >= 4 is 17.8 Å². The predicted octanol–water partition coefficient (Wildman–Crippen LogP) is -0.409. The molecule has 0 radical (unpaired) electrons. The van der Waals surface area contributed by atoms with Gasteiger partial charge >= 0.3 is 5.97 Å². The lowest BCUT2D eigenvalue weighted by Gasteiger charge is -2.31. The fourth-order valence-corrected chi connectivity index (χ4v) is 1.97. The summed E-state index contributed by atoms with van der Waals surface area (Å²) in [6.45, 7) is 1.61. The smallest absolute Gasteiger partial charge is 0.306 e. The van der Waals surface area contributed by atoms with E-state index in [4.69, 9.17) is 9.84 Å². The molecule has 2 N–H and O–H groups in total. The Morgan fingerprint density at radius 2 is 2.20 bits per heavy atom. The summed E-state index contributed by atoms with van der Waals surface area (Å²) < 4.78 is 5.34. The minimum atomic E-state index is -0.904. The molecule has 0 bridgehead atoms. The summed E-state index contributed by atoms with van der Waals surface area (Å²) in [6, 6.07) is 1.66. The Hall–Kier alpha value is -2.06. The number of aromatic nitrogens is 2. The Labute approximate surface area is 115 Å². The van der Waals surface area contributed by atoms with Crippen LogP contribution in [-0.2, 0) is 14.3 Å². The molecular weight excluding hydrogens is 264 g/mol. The number of nitrogens with one attached hydrogen (secondary N) is 1. The number of ether oxygens (including phenoxy) is 1. The second-order valence-corrected chi connectivity index (χ2v) is 4.45. The first-order valence-electron chi connectivity index (χ1n) is 6.26. The number of aliphatic carboxylic acids is 1. The Morgan fingerprint density at radius 1 is 1.45 bits per heavy atom. The van der Waals surface area contributed by atoms with Crippen LogP contribution in [0.1, 0.15) is 6.42 Å². The van der Waals surface area contributed by atoms with E-state index in [1.165, 1.54) is 0 Å². The molecule has 0 saturated carbocycles. The van der Waals surface area contributed by atoms with E-state index in [9.17, 15) is 9.59 Å². The fourth-order valence-electron chi connectivity index (χ4n) is 1.97. The molecule has 1 fully saturated rings. The second kappa shape index (κ2) is 6.92. The zero-order valence-corrected chi connectivity index (χ0v) is 10.9. The Kier molecular flexibility index (Phi) is 4.97. The van der Waals surface area contributed by atoms with Crippen molar-refractivity contribution < 1.29 is 19.4 Å². The third-order valence-corrected chi connectivity index (χ3v) is 2.81. The van der Waals surface area contributed by atoms with E-state index in [1.807, 2.05) is 4.90 Å². The average Bonchev–Trinajstić information content (AvgIpc) is 2.39. The monoisotopic (exact) mass is 280 g/mol. The predicted molar refractivity (Wildman–Crippen MR) is 69.1 cm³/mol. The third kappa shape index (κ3) is 4.56. The maximum Gasteiger partial charge on any atom is 0.306 e. The van der Waals surface area contributed by atoms with Crippen molar-refractivity contribution in [3.05, 3.63) is 18.5 Å². The zero-order valence-electron chi connectivity index (χ0n) is 10.9. The number of morpholine rings is 1. The minimum Gasteiger partial charge on any atom is -0.481 e. The molecule has 8 nitrogen and oxygen atoms in total. The van der Waals surface area contributed by atoms with Gasteiger partial charge in [0.1, 0.15) is 0 Å². The lowest BCUT2D eigenvalue weighted by Crippen LogP contribution is -2.46. The minimum absolute atomic E-state index is 0.0556. The van der Waals surface area contributed by atoms with E-state index >= 15 is 0 Å². The molecule has 1 aliphatic heterocycles. The van der Waals surface area contributed by atoms with Crippen LogP contribution < -0.4 is 5.32 Å². The number of carbonyl (C=O) groups excluding carboxylic acids is 1. The topological polar surface area (TPSA) is 105 Å². The molecule has 1 amide bonds. The van der Waals surface area contributed by atoms with Gasteiger partial charge in [0.2, 0.25) is 11.9 Å². The standard InChI is InChI=1S/C12H16N4O4/c17-10(15-12-13-2-1-3-14-12)8-16-4-5-20-9(7-16)6-11(18)19/h1-3,9H,4-8H2,(H,18,19)(H,13,14,15,17). The third-order valence-electron chi connectivity index (χ3n) is 2.81. The Morgan fingerprint density at radius 3 is 2.90 bits per heavy atom. The van der Waals surface area contributed by atoms with Gasteiger partial charge in [-0.3, -0.25) is 19.8 Å². The highest BCUT2D eigenvalue weighted by Crippen LogP contribution is 2.08. The van der Waals surface area contributed by atoms with Gasteiger partial charge in [0, 0.05) is 25.5 Å². The molecule has 1 aromatic heterocycles. The molecular formula is C12H16N4O4. The van der Waals surface area contributed by atoms with Gasteiger partial charge in [-0.15, -0.1) is 0 Å². The molecule has 2 rings (SSSR count). The number of rotatable bonds is 5. The molecule has 0 spiro atoms. The maximum atomic E-state index is 11.8. The van der Waals surface area contributed by atoms with Crippen LogP contribution in [-0.4, -0.2) is 64.2 Å². The zero-order chi connectivity index (χ0) is 14.4. The van der Waals surface area contributed by atoms with Gasteiger partial charge in [-0.05, 0) is 6.07 Å². The van der Waals surface area contributed by atoms with Crippen molar-refractivity contribution in [2.75, 3.05) is 31.6 Å².